The molecule has 0 bridgehead atoms. The first-order chi connectivity index (χ1) is 9.97. The predicted molar refractivity (Wildman–Crippen MR) is 71.4 cm³/mol. The average molecular weight is 296 g/mol. The number of halogens is 2. The van der Waals surface area contributed by atoms with Gasteiger partial charge in [-0.3, -0.25) is 0 Å². The van der Waals surface area contributed by atoms with Gasteiger partial charge < -0.3 is 14.8 Å². The van der Waals surface area contributed by atoms with Crippen molar-refractivity contribution in [2.45, 2.75) is 13.0 Å². The van der Waals surface area contributed by atoms with Crippen LogP contribution < -0.4 is 5.32 Å². The molecule has 21 heavy (non-hydrogen) atoms. The second kappa shape index (κ2) is 5.90. The Labute approximate surface area is 120 Å². The second-order valence-electron chi connectivity index (χ2n) is 4.37. The molecule has 7 heteroatoms. The Kier molecular flexibility index (Phi) is 4.21. The van der Waals surface area contributed by atoms with Crippen LogP contribution in [0.5, 0.6) is 0 Å². The number of allylic oxidation sites excluding steroid dienone is 1. The summed E-state index contributed by atoms with van der Waals surface area (Å²) in [5.74, 6) is -2.58. The van der Waals surface area contributed by atoms with Crippen molar-refractivity contribution in [2.75, 3.05) is 14.2 Å². The van der Waals surface area contributed by atoms with E-state index in [0.29, 0.717) is 11.3 Å². The summed E-state index contributed by atoms with van der Waals surface area (Å²) in [7, 11) is 2.64. The smallest absolute Gasteiger partial charge is 0.338 e. The van der Waals surface area contributed by atoms with Crippen LogP contribution in [-0.2, 0) is 14.3 Å². The second-order valence-corrected chi connectivity index (χ2v) is 4.37. The van der Waals surface area contributed by atoms with Crippen molar-refractivity contribution < 1.29 is 23.0 Å². The third kappa shape index (κ3) is 2.86. The Morgan fingerprint density at radius 2 is 2.00 bits per heavy atom. The van der Waals surface area contributed by atoms with Gasteiger partial charge in [0.2, 0.25) is 0 Å². The zero-order valence-corrected chi connectivity index (χ0v) is 11.7. The quantitative estimate of drug-likeness (QED) is 0.849. The fraction of sp³-hybridized carbons (Fsp3) is 0.286. The number of hydrogen-bond donors (Lipinski definition) is 1. The van der Waals surface area contributed by atoms with Gasteiger partial charge in [-0.1, -0.05) is 6.07 Å². The molecule has 0 aliphatic carbocycles. The van der Waals surface area contributed by atoms with Crippen LogP contribution in [0.1, 0.15) is 18.5 Å². The normalized spacial score (nSPS) is 18.0. The molecule has 1 aromatic carbocycles. The molecule has 0 radical (unpaired) electrons. The third-order valence-electron chi connectivity index (χ3n) is 3.08. The number of amidine groups is 1. The van der Waals surface area contributed by atoms with Crippen molar-refractivity contribution in [3.05, 3.63) is 46.7 Å². The van der Waals surface area contributed by atoms with Gasteiger partial charge in [0.05, 0.1) is 19.8 Å². The van der Waals surface area contributed by atoms with E-state index in [1.807, 2.05) is 0 Å². The van der Waals surface area contributed by atoms with Crippen LogP contribution in [-0.4, -0.2) is 26.2 Å². The van der Waals surface area contributed by atoms with Crippen LogP contribution in [0.4, 0.5) is 8.78 Å². The highest BCUT2D eigenvalue weighted by Crippen LogP contribution is 2.32. The molecule has 1 aromatic rings. The molecule has 2 rings (SSSR count). The van der Waals surface area contributed by atoms with Crippen LogP contribution in [0.3, 0.4) is 0 Å². The highest BCUT2D eigenvalue weighted by atomic mass is 19.2. The standard InChI is InChI=1S/C14H14F2N2O3/c1-7-11(13(19)20-2)12(18-14(17-7)21-3)8-4-5-9(15)10(16)6-8/h4-6,12H,1-3H3,(H,17,18)/t12-/m1/s1. The van der Waals surface area contributed by atoms with Crippen molar-refractivity contribution in [3.8, 4) is 0 Å². The Balaban J connectivity index is 2.53. The molecule has 0 unspecified atom stereocenters. The molecule has 0 saturated heterocycles. The van der Waals surface area contributed by atoms with Crippen molar-refractivity contribution in [2.24, 2.45) is 4.99 Å². The molecule has 0 aromatic heterocycles. The van der Waals surface area contributed by atoms with Crippen molar-refractivity contribution >= 4 is 12.0 Å². The monoisotopic (exact) mass is 296 g/mol. The number of carbonyl (C=O) groups is 1. The first-order valence-corrected chi connectivity index (χ1v) is 6.10. The Morgan fingerprint density at radius 3 is 2.57 bits per heavy atom. The van der Waals surface area contributed by atoms with Crippen molar-refractivity contribution in [1.29, 1.82) is 0 Å². The average Bonchev–Trinajstić information content (AvgIpc) is 2.48. The molecular weight excluding hydrogens is 282 g/mol. The van der Waals surface area contributed by atoms with Gasteiger partial charge in [-0.05, 0) is 24.6 Å². The molecule has 1 heterocycles. The maximum Gasteiger partial charge on any atom is 0.338 e. The van der Waals surface area contributed by atoms with E-state index < -0.39 is 23.6 Å². The summed E-state index contributed by atoms with van der Waals surface area (Å²) in [6, 6.07) is 2.69. The lowest BCUT2D eigenvalue weighted by atomic mass is 9.96. The Hall–Kier alpha value is -2.44. The van der Waals surface area contributed by atoms with E-state index >= 15 is 0 Å². The van der Waals surface area contributed by atoms with E-state index in [4.69, 9.17) is 9.47 Å². The SMILES string of the molecule is COC(=O)C1=C(C)NC(OC)=N[C@@H]1c1ccc(F)c(F)c1. The van der Waals surface area contributed by atoms with Gasteiger partial charge in [-0.2, -0.15) is 0 Å². The molecule has 1 N–H and O–H groups in total. The Morgan fingerprint density at radius 1 is 1.29 bits per heavy atom. The largest absolute Gasteiger partial charge is 0.468 e. The van der Waals surface area contributed by atoms with Gasteiger partial charge in [0.25, 0.3) is 6.02 Å². The van der Waals surface area contributed by atoms with Crippen LogP contribution in [0.15, 0.2) is 34.5 Å². The number of aliphatic imine (C=N–C) groups is 1. The topological polar surface area (TPSA) is 59.9 Å². The lowest BCUT2D eigenvalue weighted by Crippen LogP contribution is -2.32. The van der Waals surface area contributed by atoms with Crippen LogP contribution in [0.2, 0.25) is 0 Å². The van der Waals surface area contributed by atoms with E-state index in [9.17, 15) is 13.6 Å². The van der Waals surface area contributed by atoms with E-state index in [1.54, 1.807) is 6.92 Å². The molecule has 1 atom stereocenters. The van der Waals surface area contributed by atoms with Gasteiger partial charge in [-0.15, -0.1) is 0 Å². The predicted octanol–water partition coefficient (Wildman–Crippen LogP) is 2.06. The number of nitrogens with one attached hydrogen (secondary N) is 1. The minimum atomic E-state index is -1.01. The summed E-state index contributed by atoms with van der Waals surface area (Å²) in [5.41, 5.74) is 1.01. The summed E-state index contributed by atoms with van der Waals surface area (Å²) in [6.45, 7) is 1.65. The molecule has 5 nitrogen and oxygen atoms in total. The van der Waals surface area contributed by atoms with Crippen molar-refractivity contribution in [3.63, 3.8) is 0 Å². The van der Waals surface area contributed by atoms with Crippen LogP contribution in [0.25, 0.3) is 0 Å². The molecule has 0 spiro atoms. The van der Waals surface area contributed by atoms with Gasteiger partial charge in [0, 0.05) is 5.70 Å². The third-order valence-corrected chi connectivity index (χ3v) is 3.08. The maximum atomic E-state index is 13.4. The minimum absolute atomic E-state index is 0.176. The minimum Gasteiger partial charge on any atom is -0.468 e. The fourth-order valence-corrected chi connectivity index (χ4v) is 2.05. The zero-order chi connectivity index (χ0) is 15.6. The number of ether oxygens (including phenoxy) is 2. The van der Waals surface area contributed by atoms with Crippen LogP contribution in [0, 0.1) is 11.6 Å². The van der Waals surface area contributed by atoms with Gasteiger partial charge in [0.1, 0.15) is 6.04 Å². The first-order valence-electron chi connectivity index (χ1n) is 6.10. The molecular formula is C14H14F2N2O3. The molecule has 0 amide bonds. The summed E-state index contributed by atoms with van der Waals surface area (Å²) in [4.78, 5) is 16.1. The number of carbonyl (C=O) groups excluding carboxylic acids is 1. The summed E-state index contributed by atoms with van der Waals surface area (Å²) in [6.07, 6.45) is 0. The lowest BCUT2D eigenvalue weighted by molar-refractivity contribution is -0.136. The summed E-state index contributed by atoms with van der Waals surface area (Å²) < 4.78 is 36.2. The molecule has 1 aliphatic rings. The van der Waals surface area contributed by atoms with Crippen LogP contribution >= 0.6 is 0 Å². The van der Waals surface area contributed by atoms with E-state index in [0.717, 1.165) is 12.1 Å². The zero-order valence-electron chi connectivity index (χ0n) is 11.7. The number of rotatable bonds is 2. The number of methoxy groups -OCH3 is 2. The number of nitrogens with zero attached hydrogens (tertiary/aromatic N) is 1. The lowest BCUT2D eigenvalue weighted by Gasteiger charge is -2.24. The molecule has 0 saturated carbocycles. The highest BCUT2D eigenvalue weighted by molar-refractivity contribution is 5.94. The Bertz CT molecular complexity index is 641. The molecule has 0 fully saturated rings. The number of hydrogen-bond acceptors (Lipinski definition) is 5. The van der Waals surface area contributed by atoms with E-state index in [-0.39, 0.29) is 11.6 Å². The van der Waals surface area contributed by atoms with E-state index in [2.05, 4.69) is 10.3 Å². The molecule has 112 valence electrons. The van der Waals surface area contributed by atoms with Gasteiger partial charge >= 0.3 is 5.97 Å². The summed E-state index contributed by atoms with van der Waals surface area (Å²) >= 11 is 0. The number of esters is 1. The maximum absolute atomic E-state index is 13.4. The van der Waals surface area contributed by atoms with Gasteiger partial charge in [-0.25, -0.2) is 18.6 Å². The molecule has 1 aliphatic heterocycles. The van der Waals surface area contributed by atoms with Crippen molar-refractivity contribution in [1.82, 2.24) is 5.32 Å². The van der Waals surface area contributed by atoms with Gasteiger partial charge in [0.15, 0.2) is 11.6 Å². The first kappa shape index (κ1) is 15.0. The highest BCUT2D eigenvalue weighted by Gasteiger charge is 2.30. The fourth-order valence-electron chi connectivity index (χ4n) is 2.05. The summed E-state index contributed by atoms with van der Waals surface area (Å²) in [5, 5.41) is 2.80. The van der Waals surface area contributed by atoms with E-state index in [1.165, 1.54) is 20.3 Å². The number of benzene rings is 1.